The Kier molecular flexibility index (Phi) is 6.61. The maximum Gasteiger partial charge on any atom is 0.241 e. The van der Waals surface area contributed by atoms with Gasteiger partial charge in [-0.15, -0.1) is 0 Å². The molecule has 0 saturated carbocycles. The Hall–Kier alpha value is -1.46. The predicted octanol–water partition coefficient (Wildman–Crippen LogP) is 2.81. The van der Waals surface area contributed by atoms with Crippen molar-refractivity contribution in [1.29, 1.82) is 0 Å². The summed E-state index contributed by atoms with van der Waals surface area (Å²) in [6.07, 6.45) is 2.56. The van der Waals surface area contributed by atoms with Crippen molar-refractivity contribution in [2.75, 3.05) is 19.5 Å². The first kappa shape index (κ1) is 16.6. The van der Waals surface area contributed by atoms with Gasteiger partial charge in [0.2, 0.25) is 5.91 Å². The fourth-order valence-electron chi connectivity index (χ4n) is 1.74. The molecule has 0 spiro atoms. The van der Waals surface area contributed by atoms with Gasteiger partial charge in [0, 0.05) is 6.07 Å². The zero-order valence-electron chi connectivity index (χ0n) is 12.0. The lowest BCUT2D eigenvalue weighted by Gasteiger charge is -2.15. The molecular formula is C14H21ClN2O3. The molecule has 1 rings (SSSR count). The Bertz CT molecular complexity index is 466. The van der Waals surface area contributed by atoms with Gasteiger partial charge in [-0.3, -0.25) is 4.79 Å². The summed E-state index contributed by atoms with van der Waals surface area (Å²) in [5.41, 5.74) is 6.31. The minimum absolute atomic E-state index is 0.252. The van der Waals surface area contributed by atoms with Gasteiger partial charge in [0.25, 0.3) is 0 Å². The topological polar surface area (TPSA) is 73.6 Å². The average Bonchev–Trinajstić information content (AvgIpc) is 2.44. The standard InChI is InChI=1S/C14H21ClN2O3/c1-4-5-6-10(16)14(18)17-11-7-9(15)12(19-2)8-13(11)20-3/h7-8,10H,4-6,16H2,1-3H3,(H,17,18)/t10-/m0/s1. The van der Waals surface area contributed by atoms with Crippen LogP contribution in [0.25, 0.3) is 0 Å². The van der Waals surface area contributed by atoms with Gasteiger partial charge in [-0.05, 0) is 12.5 Å². The average molecular weight is 301 g/mol. The molecule has 112 valence electrons. The summed E-state index contributed by atoms with van der Waals surface area (Å²) in [5.74, 6) is 0.706. The third-order valence-electron chi connectivity index (χ3n) is 2.94. The van der Waals surface area contributed by atoms with Crippen molar-refractivity contribution in [2.45, 2.75) is 32.2 Å². The van der Waals surface area contributed by atoms with Crippen LogP contribution in [-0.2, 0) is 4.79 Å². The number of benzene rings is 1. The first-order valence-electron chi connectivity index (χ1n) is 6.51. The van der Waals surface area contributed by atoms with E-state index in [4.69, 9.17) is 26.8 Å². The molecule has 0 saturated heterocycles. The first-order valence-corrected chi connectivity index (χ1v) is 6.89. The monoisotopic (exact) mass is 300 g/mol. The number of amides is 1. The van der Waals surface area contributed by atoms with E-state index in [9.17, 15) is 4.79 Å². The van der Waals surface area contributed by atoms with Crippen LogP contribution >= 0.6 is 11.6 Å². The second kappa shape index (κ2) is 7.97. The molecule has 1 aromatic carbocycles. The molecule has 0 aliphatic rings. The summed E-state index contributed by atoms with van der Waals surface area (Å²) >= 11 is 6.04. The summed E-state index contributed by atoms with van der Waals surface area (Å²) in [6.45, 7) is 2.05. The number of hydrogen-bond acceptors (Lipinski definition) is 4. The summed E-state index contributed by atoms with van der Waals surface area (Å²) < 4.78 is 10.3. The fourth-order valence-corrected chi connectivity index (χ4v) is 1.98. The minimum atomic E-state index is -0.541. The molecule has 5 nitrogen and oxygen atoms in total. The van der Waals surface area contributed by atoms with E-state index >= 15 is 0 Å². The summed E-state index contributed by atoms with van der Waals surface area (Å²) in [6, 6.07) is 2.67. The third kappa shape index (κ3) is 4.28. The zero-order valence-corrected chi connectivity index (χ0v) is 12.8. The number of carbonyl (C=O) groups is 1. The maximum absolute atomic E-state index is 12.0. The van der Waals surface area contributed by atoms with E-state index in [2.05, 4.69) is 12.2 Å². The van der Waals surface area contributed by atoms with E-state index in [-0.39, 0.29) is 5.91 Å². The molecule has 1 aromatic rings. The Morgan fingerprint density at radius 2 is 2.00 bits per heavy atom. The van der Waals surface area contributed by atoms with E-state index in [1.165, 1.54) is 14.2 Å². The lowest BCUT2D eigenvalue weighted by Crippen LogP contribution is -2.35. The molecule has 1 atom stereocenters. The number of halogens is 1. The van der Waals surface area contributed by atoms with E-state index < -0.39 is 6.04 Å². The van der Waals surface area contributed by atoms with Crippen LogP contribution in [0.5, 0.6) is 11.5 Å². The number of nitrogens with one attached hydrogen (secondary N) is 1. The van der Waals surface area contributed by atoms with Crippen molar-refractivity contribution >= 4 is 23.2 Å². The van der Waals surface area contributed by atoms with Gasteiger partial charge in [-0.25, -0.2) is 0 Å². The molecule has 0 aliphatic heterocycles. The number of unbranched alkanes of at least 4 members (excludes halogenated alkanes) is 1. The highest BCUT2D eigenvalue weighted by atomic mass is 35.5. The van der Waals surface area contributed by atoms with Crippen molar-refractivity contribution in [3.8, 4) is 11.5 Å². The lowest BCUT2D eigenvalue weighted by molar-refractivity contribution is -0.117. The zero-order chi connectivity index (χ0) is 15.1. The number of carbonyl (C=O) groups excluding carboxylic acids is 1. The molecule has 0 radical (unpaired) electrons. The Balaban J connectivity index is 2.86. The molecule has 0 unspecified atom stereocenters. The van der Waals surface area contributed by atoms with E-state index in [1.54, 1.807) is 12.1 Å². The van der Waals surface area contributed by atoms with Crippen LogP contribution in [0.4, 0.5) is 5.69 Å². The SMILES string of the molecule is CCCC[C@H](N)C(=O)Nc1cc(Cl)c(OC)cc1OC. The van der Waals surface area contributed by atoms with Gasteiger partial charge >= 0.3 is 0 Å². The van der Waals surface area contributed by atoms with Crippen molar-refractivity contribution in [3.63, 3.8) is 0 Å². The molecule has 0 aliphatic carbocycles. The van der Waals surface area contributed by atoms with Crippen LogP contribution in [0.1, 0.15) is 26.2 Å². The number of methoxy groups -OCH3 is 2. The van der Waals surface area contributed by atoms with Crippen LogP contribution in [-0.4, -0.2) is 26.2 Å². The van der Waals surface area contributed by atoms with Gasteiger partial charge in [-0.1, -0.05) is 31.4 Å². The van der Waals surface area contributed by atoms with Gasteiger partial charge in [-0.2, -0.15) is 0 Å². The smallest absolute Gasteiger partial charge is 0.241 e. The molecule has 3 N–H and O–H groups in total. The first-order chi connectivity index (χ1) is 9.53. The van der Waals surface area contributed by atoms with Crippen molar-refractivity contribution < 1.29 is 14.3 Å². The highest BCUT2D eigenvalue weighted by Gasteiger charge is 2.16. The molecule has 20 heavy (non-hydrogen) atoms. The van der Waals surface area contributed by atoms with Gasteiger partial charge in [0.1, 0.15) is 11.5 Å². The van der Waals surface area contributed by atoms with Gasteiger partial charge in [0.05, 0.1) is 31.0 Å². The normalized spacial score (nSPS) is 11.8. The number of ether oxygens (including phenoxy) is 2. The van der Waals surface area contributed by atoms with Crippen LogP contribution in [0.15, 0.2) is 12.1 Å². The molecule has 0 heterocycles. The number of rotatable bonds is 7. The minimum Gasteiger partial charge on any atom is -0.495 e. The lowest BCUT2D eigenvalue weighted by atomic mass is 10.1. The van der Waals surface area contributed by atoms with E-state index in [0.29, 0.717) is 28.6 Å². The molecule has 1 amide bonds. The predicted molar refractivity (Wildman–Crippen MR) is 80.7 cm³/mol. The molecule has 0 aromatic heterocycles. The molecule has 0 bridgehead atoms. The van der Waals surface area contributed by atoms with Crippen LogP contribution in [0.2, 0.25) is 5.02 Å². The second-order valence-corrected chi connectivity index (χ2v) is 4.83. The highest BCUT2D eigenvalue weighted by molar-refractivity contribution is 6.32. The summed E-state index contributed by atoms with van der Waals surface area (Å²) in [4.78, 5) is 12.0. The third-order valence-corrected chi connectivity index (χ3v) is 3.23. The highest BCUT2D eigenvalue weighted by Crippen LogP contribution is 2.35. The molecule has 6 heteroatoms. The van der Waals surface area contributed by atoms with Gasteiger partial charge in [0.15, 0.2) is 0 Å². The Labute approximate surface area is 124 Å². The quantitative estimate of drug-likeness (QED) is 0.812. The van der Waals surface area contributed by atoms with E-state index in [1.807, 2.05) is 0 Å². The van der Waals surface area contributed by atoms with E-state index in [0.717, 1.165) is 12.8 Å². The maximum atomic E-state index is 12.0. The Morgan fingerprint density at radius 3 is 2.55 bits per heavy atom. The van der Waals surface area contributed by atoms with Crippen molar-refractivity contribution in [1.82, 2.24) is 0 Å². The Morgan fingerprint density at radius 1 is 1.35 bits per heavy atom. The van der Waals surface area contributed by atoms with Crippen LogP contribution in [0, 0.1) is 0 Å². The summed E-state index contributed by atoms with van der Waals surface area (Å²) in [5, 5.41) is 3.13. The number of hydrogen-bond donors (Lipinski definition) is 2. The summed E-state index contributed by atoms with van der Waals surface area (Å²) in [7, 11) is 3.02. The largest absolute Gasteiger partial charge is 0.495 e. The van der Waals surface area contributed by atoms with Gasteiger partial charge < -0.3 is 20.5 Å². The number of anilines is 1. The molecule has 0 fully saturated rings. The molecular weight excluding hydrogens is 280 g/mol. The van der Waals surface area contributed by atoms with Crippen molar-refractivity contribution in [3.05, 3.63) is 17.2 Å². The number of nitrogens with two attached hydrogens (primary N) is 1. The van der Waals surface area contributed by atoms with Crippen LogP contribution < -0.4 is 20.5 Å². The van der Waals surface area contributed by atoms with Crippen molar-refractivity contribution in [2.24, 2.45) is 5.73 Å². The fraction of sp³-hybridized carbons (Fsp3) is 0.500. The van der Waals surface area contributed by atoms with Crippen LogP contribution in [0.3, 0.4) is 0 Å². The second-order valence-electron chi connectivity index (χ2n) is 4.43.